The molecule has 2 rings (SSSR count). The van der Waals surface area contributed by atoms with E-state index in [0.29, 0.717) is 12.8 Å². The predicted molar refractivity (Wildman–Crippen MR) is 323 cm³/mol. The van der Waals surface area contributed by atoms with Crippen LogP contribution in [0.1, 0.15) is 258 Å². The van der Waals surface area contributed by atoms with Gasteiger partial charge in [-0.05, 0) is 57.8 Å². The van der Waals surface area contributed by atoms with Gasteiger partial charge in [-0.1, -0.05) is 254 Å². The van der Waals surface area contributed by atoms with Crippen LogP contribution in [0.5, 0.6) is 0 Å². The molecule has 2 saturated heterocycles. The van der Waals surface area contributed by atoms with E-state index in [-0.39, 0.29) is 12.5 Å². The summed E-state index contributed by atoms with van der Waals surface area (Å²) in [4.78, 5) is 13.3. The minimum atomic E-state index is -1.78. The number of aliphatic hydroxyl groups is 8. The number of unbranched alkanes of at least 4 members (excludes halogenated alkanes) is 29. The Balaban J connectivity index is 1.65. The lowest BCUT2D eigenvalue weighted by molar-refractivity contribution is -0.359. The molecule has 0 aromatic carbocycles. The van der Waals surface area contributed by atoms with Crippen molar-refractivity contribution in [1.29, 1.82) is 0 Å². The molecule has 2 heterocycles. The van der Waals surface area contributed by atoms with E-state index in [1.165, 1.54) is 148 Å². The van der Waals surface area contributed by atoms with E-state index < -0.39 is 86.8 Å². The lowest BCUT2D eigenvalue weighted by Crippen LogP contribution is -2.65. The maximum absolute atomic E-state index is 13.3. The summed E-state index contributed by atoms with van der Waals surface area (Å²) in [7, 11) is 0. The minimum Gasteiger partial charge on any atom is -0.394 e. The Bertz CT molecular complexity index is 1570. The summed E-state index contributed by atoms with van der Waals surface area (Å²) in [5, 5.41) is 87.4. The minimum absolute atomic E-state index is 0.207. The van der Waals surface area contributed by atoms with Crippen molar-refractivity contribution in [3.05, 3.63) is 60.8 Å². The summed E-state index contributed by atoms with van der Waals surface area (Å²) in [6.45, 7) is 2.76. The van der Waals surface area contributed by atoms with Crippen molar-refractivity contribution in [3.8, 4) is 0 Å². The molecule has 0 spiro atoms. The SMILES string of the molecule is CC/C=C\C/C=C\C/C=C\C/C=C\C/C=C\CCCCCCCCCCCCCCCCCC(=O)NC(COC1OC(CO)C(OC2OC(CO)C(O)C(O)C2O)C(O)C1O)C(O)CCCCCCCCCCCCCCCCC. The van der Waals surface area contributed by atoms with Crippen LogP contribution in [0.15, 0.2) is 60.8 Å². The van der Waals surface area contributed by atoms with Gasteiger partial charge in [0.05, 0.1) is 32.0 Å². The van der Waals surface area contributed by atoms with Crippen LogP contribution in [0.25, 0.3) is 0 Å². The molecule has 2 aliphatic rings. The van der Waals surface area contributed by atoms with E-state index in [1.807, 2.05) is 0 Å². The quantitative estimate of drug-likeness (QED) is 0.0204. The van der Waals surface area contributed by atoms with Gasteiger partial charge in [-0.2, -0.15) is 0 Å². The van der Waals surface area contributed by atoms with E-state index in [1.54, 1.807) is 0 Å². The van der Waals surface area contributed by atoms with Crippen LogP contribution in [-0.4, -0.2) is 140 Å². The summed E-state index contributed by atoms with van der Waals surface area (Å²) in [6, 6.07) is -0.830. The van der Waals surface area contributed by atoms with Gasteiger partial charge in [-0.15, -0.1) is 0 Å². The number of rotatable bonds is 52. The van der Waals surface area contributed by atoms with Crippen molar-refractivity contribution < 1.29 is 64.6 Å². The molecule has 14 heteroatoms. The topological polar surface area (TPSA) is 228 Å². The number of carbonyl (C=O) groups is 1. The van der Waals surface area contributed by atoms with Crippen molar-refractivity contribution in [2.24, 2.45) is 0 Å². The van der Waals surface area contributed by atoms with Crippen LogP contribution in [0.3, 0.4) is 0 Å². The zero-order chi connectivity index (χ0) is 58.1. The Morgan fingerprint density at radius 3 is 1.32 bits per heavy atom. The second kappa shape index (κ2) is 51.1. The van der Waals surface area contributed by atoms with Gasteiger partial charge in [0, 0.05) is 6.42 Å². The average molecular weight is 1130 g/mol. The van der Waals surface area contributed by atoms with Crippen LogP contribution in [0.4, 0.5) is 0 Å². The number of allylic oxidation sites excluding steroid dienone is 10. The first kappa shape index (κ1) is 73.8. The molecule has 80 heavy (non-hydrogen) atoms. The molecule has 0 aromatic heterocycles. The average Bonchev–Trinajstić information content (AvgIpc) is 3.46. The van der Waals surface area contributed by atoms with Crippen molar-refractivity contribution >= 4 is 5.91 Å². The zero-order valence-electron chi connectivity index (χ0n) is 50.3. The smallest absolute Gasteiger partial charge is 0.220 e. The number of amides is 1. The van der Waals surface area contributed by atoms with Crippen LogP contribution in [0.2, 0.25) is 0 Å². The Morgan fingerprint density at radius 2 is 0.863 bits per heavy atom. The molecule has 0 saturated carbocycles. The summed E-state index contributed by atoms with van der Waals surface area (Å²) in [6.07, 6.45) is 49.4. The number of hydrogen-bond donors (Lipinski definition) is 9. The van der Waals surface area contributed by atoms with Gasteiger partial charge in [-0.3, -0.25) is 4.79 Å². The second-order valence-electron chi connectivity index (χ2n) is 22.9. The maximum Gasteiger partial charge on any atom is 0.220 e. The third-order valence-corrected chi connectivity index (χ3v) is 15.7. The molecule has 0 aromatic rings. The van der Waals surface area contributed by atoms with Crippen LogP contribution < -0.4 is 5.32 Å². The van der Waals surface area contributed by atoms with E-state index in [0.717, 1.165) is 83.5 Å². The molecule has 0 bridgehead atoms. The molecule has 14 nitrogen and oxygen atoms in total. The fourth-order valence-electron chi connectivity index (χ4n) is 10.6. The highest BCUT2D eigenvalue weighted by Crippen LogP contribution is 2.30. The highest BCUT2D eigenvalue weighted by atomic mass is 16.7. The molecule has 1 amide bonds. The van der Waals surface area contributed by atoms with Gasteiger partial charge in [0.15, 0.2) is 12.6 Å². The molecule has 9 N–H and O–H groups in total. The summed E-state index contributed by atoms with van der Waals surface area (Å²) >= 11 is 0. The van der Waals surface area contributed by atoms with E-state index >= 15 is 0 Å². The molecule has 466 valence electrons. The molecule has 12 unspecified atom stereocenters. The first-order valence-electron chi connectivity index (χ1n) is 32.5. The van der Waals surface area contributed by atoms with E-state index in [2.05, 4.69) is 79.9 Å². The lowest BCUT2D eigenvalue weighted by Gasteiger charge is -2.46. The third-order valence-electron chi connectivity index (χ3n) is 15.7. The largest absolute Gasteiger partial charge is 0.394 e. The molecule has 12 atom stereocenters. The molecule has 0 aliphatic carbocycles. The number of nitrogens with one attached hydrogen (secondary N) is 1. The summed E-state index contributed by atoms with van der Waals surface area (Å²) < 4.78 is 22.9. The number of aliphatic hydroxyl groups excluding tert-OH is 8. The standard InChI is InChI=1S/C66H119NO13/c1-3-5-7-9-11-13-15-17-19-20-21-22-23-24-25-26-27-28-29-30-31-32-33-34-36-38-40-42-44-46-48-50-58(71)67-54(55(70)49-47-45-43-41-39-37-35-18-16-14-12-10-8-6-4-2)53-77-65-63(76)61(74)64(57(52-69)79-65)80-66-62(75)60(73)59(72)56(51-68)78-66/h5,7,11,13,17,19,21-22,24-25,54-57,59-66,68-70,72-76H,3-4,6,8-10,12,14-16,18,20,23,26-53H2,1-2H3,(H,67,71)/b7-5-,13-11-,19-17-,22-21-,25-24-. The predicted octanol–water partition coefficient (Wildman–Crippen LogP) is 12.1. The van der Waals surface area contributed by atoms with Crippen LogP contribution in [-0.2, 0) is 23.7 Å². The number of carbonyl (C=O) groups excluding carboxylic acids is 1. The first-order chi connectivity index (χ1) is 39.1. The van der Waals surface area contributed by atoms with Gasteiger partial charge < -0.3 is 65.1 Å². The lowest BCUT2D eigenvalue weighted by atomic mass is 9.97. The first-order valence-corrected chi connectivity index (χ1v) is 32.5. The normalized spacial score (nSPS) is 24.6. The van der Waals surface area contributed by atoms with Gasteiger partial charge >= 0.3 is 0 Å². The highest BCUT2D eigenvalue weighted by molar-refractivity contribution is 5.76. The van der Waals surface area contributed by atoms with Crippen molar-refractivity contribution in [3.63, 3.8) is 0 Å². The molecule has 2 aliphatic heterocycles. The van der Waals surface area contributed by atoms with Crippen LogP contribution in [0, 0.1) is 0 Å². The van der Waals surface area contributed by atoms with Gasteiger partial charge in [0.1, 0.15) is 48.8 Å². The van der Waals surface area contributed by atoms with Crippen LogP contribution >= 0.6 is 0 Å². The van der Waals surface area contributed by atoms with E-state index in [4.69, 9.17) is 18.9 Å². The second-order valence-corrected chi connectivity index (χ2v) is 22.9. The molecular weight excluding hydrogens is 1010 g/mol. The van der Waals surface area contributed by atoms with Crippen molar-refractivity contribution in [2.45, 2.75) is 331 Å². The van der Waals surface area contributed by atoms with Gasteiger partial charge in [-0.25, -0.2) is 0 Å². The molecule has 0 radical (unpaired) electrons. The fourth-order valence-corrected chi connectivity index (χ4v) is 10.6. The van der Waals surface area contributed by atoms with Crippen molar-refractivity contribution in [2.75, 3.05) is 19.8 Å². The Labute approximate surface area is 486 Å². The monoisotopic (exact) mass is 1130 g/mol. The fraction of sp³-hybridized carbons (Fsp3) is 0.833. The Kier molecular flexibility index (Phi) is 47.2. The summed E-state index contributed by atoms with van der Waals surface area (Å²) in [5.74, 6) is -0.207. The number of hydrogen-bond acceptors (Lipinski definition) is 13. The maximum atomic E-state index is 13.3. The highest BCUT2D eigenvalue weighted by Gasteiger charge is 2.51. The zero-order valence-corrected chi connectivity index (χ0v) is 50.3. The van der Waals surface area contributed by atoms with Gasteiger partial charge in [0.25, 0.3) is 0 Å². The number of ether oxygens (including phenoxy) is 4. The van der Waals surface area contributed by atoms with E-state index in [9.17, 15) is 45.6 Å². The van der Waals surface area contributed by atoms with Crippen molar-refractivity contribution in [1.82, 2.24) is 5.32 Å². The molecular formula is C66H119NO13. The Morgan fingerprint density at radius 1 is 0.463 bits per heavy atom. The Hall–Kier alpha value is -2.31. The van der Waals surface area contributed by atoms with Gasteiger partial charge in [0.2, 0.25) is 5.91 Å². The molecule has 2 fully saturated rings. The summed E-state index contributed by atoms with van der Waals surface area (Å²) in [5.41, 5.74) is 0. The third kappa shape index (κ3) is 35.7.